The summed E-state index contributed by atoms with van der Waals surface area (Å²) in [6.45, 7) is 0.764. The Hall–Kier alpha value is -1.02. The lowest BCUT2D eigenvalue weighted by molar-refractivity contribution is 0.818. The highest BCUT2D eigenvalue weighted by Gasteiger charge is 2.03. The van der Waals surface area contributed by atoms with Gasteiger partial charge in [-0.1, -0.05) is 41.4 Å². The van der Waals surface area contributed by atoms with Crippen molar-refractivity contribution < 1.29 is 0 Å². The SMILES string of the molecule is CNCc1cc(-c2ccc(Cl)cc2)ccc1Cl. The molecule has 0 aliphatic heterocycles. The van der Waals surface area contributed by atoms with Gasteiger partial charge in [0.1, 0.15) is 0 Å². The summed E-state index contributed by atoms with van der Waals surface area (Å²) in [4.78, 5) is 0. The Morgan fingerprint density at radius 3 is 2.24 bits per heavy atom. The molecule has 2 aromatic rings. The Morgan fingerprint density at radius 1 is 0.941 bits per heavy atom. The van der Waals surface area contributed by atoms with E-state index in [0.29, 0.717) is 0 Å². The number of rotatable bonds is 3. The lowest BCUT2D eigenvalue weighted by Gasteiger charge is -2.07. The van der Waals surface area contributed by atoms with Crippen molar-refractivity contribution in [3.8, 4) is 11.1 Å². The molecule has 0 aliphatic carbocycles. The van der Waals surface area contributed by atoms with Gasteiger partial charge >= 0.3 is 0 Å². The summed E-state index contributed by atoms with van der Waals surface area (Å²) >= 11 is 12.0. The van der Waals surface area contributed by atoms with E-state index in [9.17, 15) is 0 Å². The van der Waals surface area contributed by atoms with Gasteiger partial charge in [0.05, 0.1) is 0 Å². The van der Waals surface area contributed by atoms with Gasteiger partial charge in [0.15, 0.2) is 0 Å². The molecule has 0 fully saturated rings. The summed E-state index contributed by atoms with van der Waals surface area (Å²) in [5, 5.41) is 4.64. The Kier molecular flexibility index (Phi) is 4.06. The number of benzene rings is 2. The lowest BCUT2D eigenvalue weighted by atomic mass is 10.0. The second kappa shape index (κ2) is 5.54. The van der Waals surface area contributed by atoms with E-state index in [0.717, 1.165) is 33.3 Å². The van der Waals surface area contributed by atoms with E-state index in [-0.39, 0.29) is 0 Å². The fourth-order valence-corrected chi connectivity index (χ4v) is 2.03. The van der Waals surface area contributed by atoms with Gasteiger partial charge in [0.2, 0.25) is 0 Å². The normalized spacial score (nSPS) is 10.5. The van der Waals surface area contributed by atoms with Crippen molar-refractivity contribution in [3.63, 3.8) is 0 Å². The van der Waals surface area contributed by atoms with Crippen LogP contribution in [-0.2, 0) is 6.54 Å². The number of halogens is 2. The summed E-state index contributed by atoms with van der Waals surface area (Å²) in [6, 6.07) is 13.8. The van der Waals surface area contributed by atoms with Crippen LogP contribution in [-0.4, -0.2) is 7.05 Å². The smallest absolute Gasteiger partial charge is 0.0451 e. The van der Waals surface area contributed by atoms with Crippen molar-refractivity contribution in [2.45, 2.75) is 6.54 Å². The molecule has 0 unspecified atom stereocenters. The predicted octanol–water partition coefficient (Wildman–Crippen LogP) is 4.38. The van der Waals surface area contributed by atoms with Crippen molar-refractivity contribution in [3.05, 3.63) is 58.1 Å². The number of hydrogen-bond donors (Lipinski definition) is 1. The van der Waals surface area contributed by atoms with Crippen molar-refractivity contribution in [1.29, 1.82) is 0 Å². The number of nitrogens with one attached hydrogen (secondary N) is 1. The van der Waals surface area contributed by atoms with E-state index < -0.39 is 0 Å². The molecule has 0 spiro atoms. The van der Waals surface area contributed by atoms with E-state index >= 15 is 0 Å². The highest BCUT2D eigenvalue weighted by atomic mass is 35.5. The predicted molar refractivity (Wildman–Crippen MR) is 74.7 cm³/mol. The second-order valence-corrected chi connectivity index (χ2v) is 4.69. The molecule has 0 saturated carbocycles. The highest BCUT2D eigenvalue weighted by Crippen LogP contribution is 2.26. The standard InChI is InChI=1S/C14H13Cl2N/c1-17-9-12-8-11(4-7-14(12)16)10-2-5-13(15)6-3-10/h2-8,17H,9H2,1H3. The summed E-state index contributed by atoms with van der Waals surface area (Å²) < 4.78 is 0. The molecule has 0 aromatic heterocycles. The molecule has 1 nitrogen and oxygen atoms in total. The van der Waals surface area contributed by atoms with Crippen LogP contribution in [0.15, 0.2) is 42.5 Å². The molecule has 0 amide bonds. The molecule has 17 heavy (non-hydrogen) atoms. The van der Waals surface area contributed by atoms with Crippen LogP contribution >= 0.6 is 23.2 Å². The Bertz CT molecular complexity index is 506. The largest absolute Gasteiger partial charge is 0.316 e. The van der Waals surface area contributed by atoms with Gasteiger partial charge in [-0.15, -0.1) is 0 Å². The van der Waals surface area contributed by atoms with Crippen LogP contribution in [0.1, 0.15) is 5.56 Å². The summed E-state index contributed by atoms with van der Waals surface area (Å²) in [7, 11) is 1.91. The van der Waals surface area contributed by atoms with Crippen LogP contribution in [0.3, 0.4) is 0 Å². The fraction of sp³-hybridized carbons (Fsp3) is 0.143. The van der Waals surface area contributed by atoms with Crippen LogP contribution in [0.2, 0.25) is 10.0 Å². The summed E-state index contributed by atoms with van der Waals surface area (Å²) in [6.07, 6.45) is 0. The van der Waals surface area contributed by atoms with Crippen LogP contribution in [0, 0.1) is 0 Å². The van der Waals surface area contributed by atoms with Crippen LogP contribution in [0.4, 0.5) is 0 Å². The molecule has 2 rings (SSSR count). The first kappa shape index (κ1) is 12.4. The fourth-order valence-electron chi connectivity index (χ4n) is 1.72. The molecular formula is C14H13Cl2N. The van der Waals surface area contributed by atoms with Crippen LogP contribution in [0.25, 0.3) is 11.1 Å². The van der Waals surface area contributed by atoms with Gasteiger partial charge < -0.3 is 5.32 Å². The molecule has 0 heterocycles. The molecule has 0 radical (unpaired) electrons. The summed E-state index contributed by atoms with van der Waals surface area (Å²) in [5.74, 6) is 0. The first-order chi connectivity index (χ1) is 8.20. The third-order valence-electron chi connectivity index (χ3n) is 2.59. The molecule has 2 aromatic carbocycles. The monoisotopic (exact) mass is 265 g/mol. The van der Waals surface area contributed by atoms with E-state index in [1.54, 1.807) is 0 Å². The minimum absolute atomic E-state index is 0.748. The van der Waals surface area contributed by atoms with Crippen molar-refractivity contribution in [1.82, 2.24) is 5.32 Å². The van der Waals surface area contributed by atoms with Gasteiger partial charge in [-0.05, 0) is 48.0 Å². The molecule has 0 bridgehead atoms. The molecule has 0 aliphatic rings. The summed E-state index contributed by atoms with van der Waals surface area (Å²) in [5.41, 5.74) is 3.39. The zero-order chi connectivity index (χ0) is 12.3. The first-order valence-electron chi connectivity index (χ1n) is 5.39. The first-order valence-corrected chi connectivity index (χ1v) is 6.15. The van der Waals surface area contributed by atoms with Gasteiger partial charge in [0.25, 0.3) is 0 Å². The van der Waals surface area contributed by atoms with E-state index in [1.807, 2.05) is 43.4 Å². The molecule has 3 heteroatoms. The zero-order valence-corrected chi connectivity index (χ0v) is 11.0. The maximum Gasteiger partial charge on any atom is 0.0451 e. The van der Waals surface area contributed by atoms with E-state index in [4.69, 9.17) is 23.2 Å². The molecular weight excluding hydrogens is 253 g/mol. The Morgan fingerprint density at radius 2 is 1.59 bits per heavy atom. The van der Waals surface area contributed by atoms with Crippen molar-refractivity contribution in [2.24, 2.45) is 0 Å². The molecule has 0 atom stereocenters. The zero-order valence-electron chi connectivity index (χ0n) is 9.50. The van der Waals surface area contributed by atoms with Crippen LogP contribution in [0.5, 0.6) is 0 Å². The highest BCUT2D eigenvalue weighted by molar-refractivity contribution is 6.31. The minimum atomic E-state index is 0.748. The maximum absolute atomic E-state index is 6.13. The molecule has 88 valence electrons. The lowest BCUT2D eigenvalue weighted by Crippen LogP contribution is -2.05. The van der Waals surface area contributed by atoms with Gasteiger partial charge in [-0.25, -0.2) is 0 Å². The van der Waals surface area contributed by atoms with Crippen LogP contribution < -0.4 is 5.32 Å². The maximum atomic E-state index is 6.13. The molecule has 1 N–H and O–H groups in total. The Labute approximate surface area is 111 Å². The third-order valence-corrected chi connectivity index (χ3v) is 3.21. The average Bonchev–Trinajstić information content (AvgIpc) is 2.33. The van der Waals surface area contributed by atoms with Gasteiger partial charge in [0, 0.05) is 16.6 Å². The third kappa shape index (κ3) is 3.01. The van der Waals surface area contributed by atoms with Crippen molar-refractivity contribution >= 4 is 23.2 Å². The van der Waals surface area contributed by atoms with Gasteiger partial charge in [-0.2, -0.15) is 0 Å². The topological polar surface area (TPSA) is 12.0 Å². The van der Waals surface area contributed by atoms with Gasteiger partial charge in [-0.3, -0.25) is 0 Å². The van der Waals surface area contributed by atoms with E-state index in [2.05, 4.69) is 11.4 Å². The average molecular weight is 266 g/mol. The quantitative estimate of drug-likeness (QED) is 0.869. The van der Waals surface area contributed by atoms with Crippen molar-refractivity contribution in [2.75, 3.05) is 7.05 Å². The Balaban J connectivity index is 2.39. The number of hydrogen-bond acceptors (Lipinski definition) is 1. The minimum Gasteiger partial charge on any atom is -0.316 e. The second-order valence-electron chi connectivity index (χ2n) is 3.84. The van der Waals surface area contributed by atoms with E-state index in [1.165, 1.54) is 0 Å². The molecule has 0 saturated heterocycles.